The van der Waals surface area contributed by atoms with Gasteiger partial charge in [-0.05, 0) is 38.5 Å². The van der Waals surface area contributed by atoms with Gasteiger partial charge >= 0.3 is 11.9 Å². The number of esters is 2. The lowest BCUT2D eigenvalue weighted by Crippen LogP contribution is -2.61. The molecule has 2 fully saturated rings. The second kappa shape index (κ2) is 36.4. The summed E-state index contributed by atoms with van der Waals surface area (Å²) >= 11 is 0. The Hall–Kier alpha value is -1.76. The average molecular weight is 905 g/mol. The molecule has 0 aromatic rings. The molecule has 0 amide bonds. The number of aliphatic hydroxyl groups is 7. The van der Waals surface area contributed by atoms with E-state index in [1.165, 1.54) is 89.9 Å². The zero-order valence-electron chi connectivity index (χ0n) is 38.8. The van der Waals surface area contributed by atoms with Gasteiger partial charge in [-0.3, -0.25) is 9.59 Å². The second-order valence-electron chi connectivity index (χ2n) is 17.6. The van der Waals surface area contributed by atoms with Crippen LogP contribution in [-0.4, -0.2) is 142 Å². The number of allylic oxidation sites excluding steroid dienone is 2. The van der Waals surface area contributed by atoms with E-state index in [4.69, 9.17) is 28.4 Å². The van der Waals surface area contributed by atoms with Gasteiger partial charge in [0.2, 0.25) is 0 Å². The van der Waals surface area contributed by atoms with E-state index in [9.17, 15) is 45.3 Å². The molecular weight excluding hydrogens is 817 g/mol. The number of rotatable bonds is 38. The van der Waals surface area contributed by atoms with Crippen molar-refractivity contribution >= 4 is 11.9 Å². The molecule has 0 radical (unpaired) electrons. The van der Waals surface area contributed by atoms with Crippen LogP contribution in [0.15, 0.2) is 12.2 Å². The number of unbranched alkanes of at least 4 members (excludes halogenated alkanes) is 22. The summed E-state index contributed by atoms with van der Waals surface area (Å²) in [7, 11) is 0. The van der Waals surface area contributed by atoms with Crippen LogP contribution < -0.4 is 0 Å². The summed E-state index contributed by atoms with van der Waals surface area (Å²) < 4.78 is 33.5. The molecule has 11 unspecified atom stereocenters. The minimum Gasteiger partial charge on any atom is -0.462 e. The third kappa shape index (κ3) is 25.1. The van der Waals surface area contributed by atoms with E-state index in [0.29, 0.717) is 12.8 Å². The van der Waals surface area contributed by atoms with Crippen LogP contribution in [0.4, 0.5) is 0 Å². The number of hydrogen-bond acceptors (Lipinski definition) is 15. The molecule has 7 N–H and O–H groups in total. The Balaban J connectivity index is 1.83. The van der Waals surface area contributed by atoms with Crippen LogP contribution >= 0.6 is 0 Å². The van der Waals surface area contributed by atoms with Crippen molar-refractivity contribution in [1.82, 2.24) is 0 Å². The molecule has 0 aromatic carbocycles. The van der Waals surface area contributed by atoms with E-state index >= 15 is 0 Å². The molecule has 2 aliphatic heterocycles. The van der Waals surface area contributed by atoms with E-state index in [1.807, 2.05) is 0 Å². The zero-order valence-corrected chi connectivity index (χ0v) is 38.8. The third-order valence-corrected chi connectivity index (χ3v) is 12.0. The van der Waals surface area contributed by atoms with Crippen molar-refractivity contribution in [3.05, 3.63) is 12.2 Å². The molecule has 11 atom stereocenters. The standard InChI is InChI=1S/C48H88O15/c1-3-5-7-9-11-13-15-17-18-19-21-23-25-27-29-31-40(51)61-36(33-58-39(50)30-28-26-24-22-20-16-14-12-10-8-6-4-2)34-59-47-46(57)44(55)42(53)38(63-47)35-60-48-45(56)43(54)41(52)37(32-49)62-48/h17-18,36-38,41-49,52-57H,3-16,19-35H2,1-2H3/b18-17-. The van der Waals surface area contributed by atoms with Crippen molar-refractivity contribution in [2.75, 3.05) is 26.4 Å². The number of aliphatic hydroxyl groups excluding tert-OH is 7. The van der Waals surface area contributed by atoms with E-state index in [0.717, 1.165) is 57.8 Å². The van der Waals surface area contributed by atoms with Crippen LogP contribution in [0, 0.1) is 0 Å². The molecule has 0 bridgehead atoms. The predicted molar refractivity (Wildman–Crippen MR) is 238 cm³/mol. The van der Waals surface area contributed by atoms with E-state index < -0.39 is 92.7 Å². The molecule has 63 heavy (non-hydrogen) atoms. The summed E-state index contributed by atoms with van der Waals surface area (Å²) in [5.41, 5.74) is 0. The number of carbonyl (C=O) groups excluding carboxylic acids is 2. The van der Waals surface area contributed by atoms with Gasteiger partial charge in [-0.15, -0.1) is 0 Å². The van der Waals surface area contributed by atoms with Gasteiger partial charge in [-0.2, -0.15) is 0 Å². The van der Waals surface area contributed by atoms with Gasteiger partial charge in [0, 0.05) is 12.8 Å². The van der Waals surface area contributed by atoms with Gasteiger partial charge < -0.3 is 64.2 Å². The fourth-order valence-electron chi connectivity index (χ4n) is 7.86. The fraction of sp³-hybridized carbons (Fsp3) is 0.917. The lowest BCUT2D eigenvalue weighted by atomic mass is 9.98. The fourth-order valence-corrected chi connectivity index (χ4v) is 7.86. The molecular formula is C48H88O15. The number of hydrogen-bond donors (Lipinski definition) is 7. The Morgan fingerprint density at radius 3 is 1.40 bits per heavy atom. The van der Waals surface area contributed by atoms with Gasteiger partial charge in [0.15, 0.2) is 18.7 Å². The van der Waals surface area contributed by atoms with Crippen molar-refractivity contribution < 1.29 is 73.8 Å². The topological polar surface area (TPSA) is 231 Å². The first-order valence-corrected chi connectivity index (χ1v) is 24.8. The summed E-state index contributed by atoms with van der Waals surface area (Å²) in [6.07, 6.45) is 16.7. The lowest BCUT2D eigenvalue weighted by Gasteiger charge is -2.42. The molecule has 15 nitrogen and oxygen atoms in total. The third-order valence-electron chi connectivity index (χ3n) is 12.0. The second-order valence-corrected chi connectivity index (χ2v) is 17.6. The van der Waals surface area contributed by atoms with E-state index in [2.05, 4.69) is 26.0 Å². The van der Waals surface area contributed by atoms with Crippen LogP contribution in [0.3, 0.4) is 0 Å². The van der Waals surface area contributed by atoms with Crippen LogP contribution in [0.2, 0.25) is 0 Å². The first-order chi connectivity index (χ1) is 30.5. The molecule has 0 aromatic heterocycles. The van der Waals surface area contributed by atoms with Crippen molar-refractivity contribution in [3.8, 4) is 0 Å². The van der Waals surface area contributed by atoms with Gasteiger partial charge in [0.25, 0.3) is 0 Å². The first-order valence-electron chi connectivity index (χ1n) is 24.8. The largest absolute Gasteiger partial charge is 0.462 e. The minimum atomic E-state index is -1.76. The maximum atomic E-state index is 13.0. The van der Waals surface area contributed by atoms with Crippen molar-refractivity contribution in [3.63, 3.8) is 0 Å². The Morgan fingerprint density at radius 2 is 0.905 bits per heavy atom. The molecule has 2 rings (SSSR count). The highest BCUT2D eigenvalue weighted by Gasteiger charge is 2.47. The molecule has 15 heteroatoms. The van der Waals surface area contributed by atoms with Crippen LogP contribution in [0.1, 0.15) is 187 Å². The SMILES string of the molecule is CCCCCCCC/C=C\CCCCCCCC(=O)OC(COC(=O)CCCCCCCCCCCCCC)COC1OC(COC2OC(CO)C(O)C(O)C2O)C(O)C(O)C1O. The molecule has 2 heterocycles. The molecule has 0 spiro atoms. The quantitative estimate of drug-likeness (QED) is 0.0208. The molecule has 2 saturated heterocycles. The van der Waals surface area contributed by atoms with Crippen molar-refractivity contribution in [2.24, 2.45) is 0 Å². The summed E-state index contributed by atoms with van der Waals surface area (Å²) in [4.78, 5) is 25.7. The Labute approximate surface area is 378 Å². The Morgan fingerprint density at radius 1 is 0.492 bits per heavy atom. The van der Waals surface area contributed by atoms with Crippen LogP contribution in [-0.2, 0) is 38.0 Å². The number of ether oxygens (including phenoxy) is 6. The van der Waals surface area contributed by atoms with Crippen molar-refractivity contribution in [2.45, 2.75) is 255 Å². The smallest absolute Gasteiger partial charge is 0.306 e. The van der Waals surface area contributed by atoms with Crippen LogP contribution in [0.25, 0.3) is 0 Å². The minimum absolute atomic E-state index is 0.159. The highest BCUT2D eigenvalue weighted by Crippen LogP contribution is 2.26. The summed E-state index contributed by atoms with van der Waals surface area (Å²) in [6, 6.07) is 0. The zero-order chi connectivity index (χ0) is 46.1. The van der Waals surface area contributed by atoms with Gasteiger partial charge in [0.05, 0.1) is 19.8 Å². The van der Waals surface area contributed by atoms with Gasteiger partial charge in [-0.25, -0.2) is 0 Å². The summed E-state index contributed by atoms with van der Waals surface area (Å²) in [6.45, 7) is 2.58. The van der Waals surface area contributed by atoms with Crippen LogP contribution in [0.5, 0.6) is 0 Å². The highest BCUT2D eigenvalue weighted by atomic mass is 16.7. The van der Waals surface area contributed by atoms with E-state index in [1.54, 1.807) is 0 Å². The number of carbonyl (C=O) groups is 2. The van der Waals surface area contributed by atoms with Gasteiger partial charge in [-0.1, -0.05) is 148 Å². The van der Waals surface area contributed by atoms with E-state index in [-0.39, 0.29) is 26.1 Å². The Bertz CT molecular complexity index is 1160. The molecule has 0 aliphatic carbocycles. The average Bonchev–Trinajstić information content (AvgIpc) is 3.28. The van der Waals surface area contributed by atoms with Gasteiger partial charge in [0.1, 0.15) is 55.4 Å². The normalized spacial score (nSPS) is 26.9. The maximum absolute atomic E-state index is 13.0. The Kier molecular flexibility index (Phi) is 33.1. The monoisotopic (exact) mass is 905 g/mol. The van der Waals surface area contributed by atoms with Crippen molar-refractivity contribution in [1.29, 1.82) is 0 Å². The summed E-state index contributed by atoms with van der Waals surface area (Å²) in [5.74, 6) is -0.928. The molecule has 2 aliphatic rings. The lowest BCUT2D eigenvalue weighted by molar-refractivity contribution is -0.332. The predicted octanol–water partition coefficient (Wildman–Crippen LogP) is 6.21. The molecule has 0 saturated carbocycles. The highest BCUT2D eigenvalue weighted by molar-refractivity contribution is 5.70. The maximum Gasteiger partial charge on any atom is 0.306 e. The molecule has 370 valence electrons. The summed E-state index contributed by atoms with van der Waals surface area (Å²) in [5, 5.41) is 71.9. The first kappa shape index (κ1) is 57.4.